The van der Waals surface area contributed by atoms with Gasteiger partial charge in [-0.05, 0) is 37.2 Å². The third-order valence-corrected chi connectivity index (χ3v) is 10.0. The van der Waals surface area contributed by atoms with E-state index in [1.54, 1.807) is 6.08 Å². The lowest BCUT2D eigenvalue weighted by molar-refractivity contribution is 0.246. The molecule has 118 valence electrons. The zero-order valence-electron chi connectivity index (χ0n) is 14.1. The molecule has 0 aliphatic carbocycles. The van der Waals surface area contributed by atoms with Crippen molar-refractivity contribution < 1.29 is 8.63 Å². The topological polar surface area (TPSA) is 26.3 Å². The van der Waals surface area contributed by atoms with Crippen LogP contribution in [0.1, 0.15) is 26.3 Å². The lowest BCUT2D eigenvalue weighted by Gasteiger charge is -2.38. The predicted molar refractivity (Wildman–Crippen MR) is 94.7 cm³/mol. The molecule has 2 nitrogen and oxygen atoms in total. The van der Waals surface area contributed by atoms with Crippen LogP contribution in [-0.2, 0) is 15.2 Å². The smallest absolute Gasteiger partial charge is 0.192 e. The van der Waals surface area contributed by atoms with Gasteiger partial charge in [-0.25, -0.2) is 0 Å². The Labute approximate surface area is 133 Å². The Morgan fingerprint density at radius 2 is 1.81 bits per heavy atom. The summed E-state index contributed by atoms with van der Waals surface area (Å²) in [4.78, 5) is 0.853. The standard InChI is InChI=1S/C17H28O2SSi/c1-8-15(19-21(6,7)17(3,4)5)13-20(18)16-11-9-14(2)10-12-16/h8-12,15H,1,13H2,2-7H3/t15-,20?/m1/s1. The van der Waals surface area contributed by atoms with E-state index < -0.39 is 19.1 Å². The number of benzene rings is 1. The van der Waals surface area contributed by atoms with Crippen LogP contribution >= 0.6 is 0 Å². The van der Waals surface area contributed by atoms with Crippen molar-refractivity contribution in [3.05, 3.63) is 42.5 Å². The van der Waals surface area contributed by atoms with Gasteiger partial charge in [0.25, 0.3) is 0 Å². The third-order valence-electron chi connectivity index (χ3n) is 4.11. The van der Waals surface area contributed by atoms with Gasteiger partial charge in [0.05, 0.1) is 22.7 Å². The van der Waals surface area contributed by atoms with E-state index in [9.17, 15) is 4.21 Å². The fraction of sp³-hybridized carbons (Fsp3) is 0.529. The number of hydrogen-bond acceptors (Lipinski definition) is 2. The van der Waals surface area contributed by atoms with Crippen LogP contribution in [-0.4, -0.2) is 24.4 Å². The summed E-state index contributed by atoms with van der Waals surface area (Å²) in [7, 11) is -2.93. The summed E-state index contributed by atoms with van der Waals surface area (Å²) in [5, 5.41) is 0.139. The van der Waals surface area contributed by atoms with Crippen LogP contribution in [0.3, 0.4) is 0 Å². The molecule has 21 heavy (non-hydrogen) atoms. The van der Waals surface area contributed by atoms with Crippen LogP contribution < -0.4 is 0 Å². The quantitative estimate of drug-likeness (QED) is 0.561. The minimum absolute atomic E-state index is 0.139. The molecule has 1 unspecified atom stereocenters. The van der Waals surface area contributed by atoms with Gasteiger partial charge in [-0.1, -0.05) is 44.5 Å². The summed E-state index contributed by atoms with van der Waals surface area (Å²) in [6.07, 6.45) is 1.63. The first-order valence-electron chi connectivity index (χ1n) is 7.32. The van der Waals surface area contributed by atoms with Gasteiger partial charge in [0.15, 0.2) is 8.32 Å². The average Bonchev–Trinajstić information content (AvgIpc) is 2.37. The molecule has 2 atom stereocenters. The van der Waals surface area contributed by atoms with Crippen LogP contribution in [0.2, 0.25) is 18.1 Å². The van der Waals surface area contributed by atoms with E-state index in [0.717, 1.165) is 4.90 Å². The van der Waals surface area contributed by atoms with Crippen molar-refractivity contribution in [3.63, 3.8) is 0 Å². The Bertz CT molecular complexity index is 501. The molecule has 0 aliphatic heterocycles. The van der Waals surface area contributed by atoms with E-state index in [2.05, 4.69) is 40.4 Å². The molecule has 4 heteroatoms. The van der Waals surface area contributed by atoms with Crippen LogP contribution in [0.4, 0.5) is 0 Å². The van der Waals surface area contributed by atoms with Crippen LogP contribution in [0.25, 0.3) is 0 Å². The van der Waals surface area contributed by atoms with Crippen molar-refractivity contribution in [2.24, 2.45) is 0 Å². The Morgan fingerprint density at radius 3 is 2.24 bits per heavy atom. The highest BCUT2D eigenvalue weighted by Crippen LogP contribution is 2.37. The highest BCUT2D eigenvalue weighted by atomic mass is 32.2. The molecule has 0 spiro atoms. The first kappa shape index (κ1) is 18.3. The summed E-state index contributed by atoms with van der Waals surface area (Å²) in [5.74, 6) is 0.471. The first-order chi connectivity index (χ1) is 9.56. The molecule has 0 fully saturated rings. The van der Waals surface area contributed by atoms with Crippen molar-refractivity contribution in [1.29, 1.82) is 0 Å². The minimum Gasteiger partial charge on any atom is -0.410 e. The zero-order chi connectivity index (χ0) is 16.3. The molecule has 0 N–H and O–H groups in total. The Balaban J connectivity index is 2.77. The SMILES string of the molecule is C=C[C@H](CS(=O)c1ccc(C)cc1)O[Si](C)(C)C(C)(C)C. The third kappa shape index (κ3) is 5.20. The van der Waals surface area contributed by atoms with E-state index in [1.807, 2.05) is 31.2 Å². The molecule has 0 saturated carbocycles. The Kier molecular flexibility index (Phi) is 6.14. The molecule has 0 radical (unpaired) electrons. The monoisotopic (exact) mass is 324 g/mol. The second-order valence-electron chi connectivity index (χ2n) is 6.98. The average molecular weight is 325 g/mol. The van der Waals surface area contributed by atoms with E-state index in [0.29, 0.717) is 5.75 Å². The normalized spacial score (nSPS) is 15.5. The van der Waals surface area contributed by atoms with Gasteiger partial charge >= 0.3 is 0 Å². The van der Waals surface area contributed by atoms with Crippen molar-refractivity contribution in [2.45, 2.75) is 56.8 Å². The summed E-state index contributed by atoms with van der Waals surface area (Å²) in [6, 6.07) is 7.84. The van der Waals surface area contributed by atoms with Gasteiger partial charge in [-0.3, -0.25) is 4.21 Å². The maximum Gasteiger partial charge on any atom is 0.192 e. The van der Waals surface area contributed by atoms with Gasteiger partial charge in [0.2, 0.25) is 0 Å². The Hall–Kier alpha value is -0.713. The van der Waals surface area contributed by atoms with Crippen molar-refractivity contribution in [1.82, 2.24) is 0 Å². The molecule has 0 heterocycles. The number of rotatable bonds is 6. The molecule has 1 rings (SSSR count). The van der Waals surface area contributed by atoms with Crippen molar-refractivity contribution in [3.8, 4) is 0 Å². The van der Waals surface area contributed by atoms with E-state index in [4.69, 9.17) is 4.43 Å². The van der Waals surface area contributed by atoms with Gasteiger partial charge in [-0.2, -0.15) is 0 Å². The molecule has 0 bridgehead atoms. The molecular weight excluding hydrogens is 296 g/mol. The molecule has 0 aromatic heterocycles. The van der Waals surface area contributed by atoms with Crippen molar-refractivity contribution >= 4 is 19.1 Å². The molecule has 0 amide bonds. The summed E-state index contributed by atoms with van der Waals surface area (Å²) < 4.78 is 18.8. The zero-order valence-corrected chi connectivity index (χ0v) is 15.9. The second-order valence-corrected chi connectivity index (χ2v) is 13.2. The fourth-order valence-corrected chi connectivity index (χ4v) is 4.19. The van der Waals surface area contributed by atoms with Gasteiger partial charge in [0, 0.05) is 4.90 Å². The highest BCUT2D eigenvalue weighted by molar-refractivity contribution is 7.85. The number of aryl methyl sites for hydroxylation is 1. The molecular formula is C17H28O2SSi. The van der Waals surface area contributed by atoms with E-state index in [-0.39, 0.29) is 11.1 Å². The Morgan fingerprint density at radius 1 is 1.29 bits per heavy atom. The van der Waals surface area contributed by atoms with Crippen molar-refractivity contribution in [2.75, 3.05) is 5.75 Å². The lowest BCUT2D eigenvalue weighted by Crippen LogP contribution is -2.44. The minimum atomic E-state index is -1.87. The first-order valence-corrected chi connectivity index (χ1v) is 11.5. The maximum atomic E-state index is 12.5. The van der Waals surface area contributed by atoms with Gasteiger partial charge in [0.1, 0.15) is 0 Å². The lowest BCUT2D eigenvalue weighted by atomic mass is 10.2. The van der Waals surface area contributed by atoms with Gasteiger partial charge in [-0.15, -0.1) is 6.58 Å². The molecule has 1 aromatic carbocycles. The summed E-state index contributed by atoms with van der Waals surface area (Å²) in [5.41, 5.74) is 1.17. The summed E-state index contributed by atoms with van der Waals surface area (Å²) >= 11 is 0. The molecule has 0 saturated heterocycles. The van der Waals surface area contributed by atoms with Crippen LogP contribution in [0, 0.1) is 6.92 Å². The second kappa shape index (κ2) is 7.03. The predicted octanol–water partition coefficient (Wildman–Crippen LogP) is 4.68. The van der Waals surface area contributed by atoms with Crippen LogP contribution in [0.5, 0.6) is 0 Å². The van der Waals surface area contributed by atoms with Gasteiger partial charge < -0.3 is 4.43 Å². The molecule has 0 aliphatic rings. The molecule has 1 aromatic rings. The number of hydrogen-bond donors (Lipinski definition) is 0. The summed E-state index contributed by atoms with van der Waals surface area (Å²) in [6.45, 7) is 16.9. The highest BCUT2D eigenvalue weighted by Gasteiger charge is 2.38. The van der Waals surface area contributed by atoms with E-state index >= 15 is 0 Å². The fourth-order valence-electron chi connectivity index (χ4n) is 1.64. The maximum absolute atomic E-state index is 12.5. The largest absolute Gasteiger partial charge is 0.410 e. The van der Waals surface area contributed by atoms with E-state index in [1.165, 1.54) is 5.56 Å². The van der Waals surface area contributed by atoms with Crippen LogP contribution in [0.15, 0.2) is 41.8 Å².